The number of H-pyrrole nitrogens is 1. The molecule has 2 heterocycles. The number of nitrogens with one attached hydrogen (secondary N) is 1. The molecule has 0 saturated heterocycles. The molecule has 0 aliphatic heterocycles. The van der Waals surface area contributed by atoms with Gasteiger partial charge in [-0.25, -0.2) is 9.97 Å². The molecule has 4 aromatic rings. The van der Waals surface area contributed by atoms with Crippen LogP contribution in [0.15, 0.2) is 77.8 Å². The van der Waals surface area contributed by atoms with Crippen LogP contribution in [0, 0.1) is 0 Å². The second kappa shape index (κ2) is 6.66. The first kappa shape index (κ1) is 15.9. The summed E-state index contributed by atoms with van der Waals surface area (Å²) in [5.41, 5.74) is 3.93. The summed E-state index contributed by atoms with van der Waals surface area (Å²) in [4.78, 5) is 8.80. The molecule has 0 aliphatic rings. The van der Waals surface area contributed by atoms with Crippen LogP contribution >= 0.6 is 0 Å². The Balaban J connectivity index is 0.00000156. The number of pyridine rings is 1. The molecular weight excluding hydrogens is 315 g/mol. The normalized spacial score (nSPS) is 10.4. The predicted octanol–water partition coefficient (Wildman–Crippen LogP) is 3.03. The molecule has 23 heavy (non-hydrogen) atoms. The van der Waals surface area contributed by atoms with E-state index in [0.717, 1.165) is 33.1 Å². The Morgan fingerprint density at radius 2 is 1.61 bits per heavy atom. The fourth-order valence-corrected chi connectivity index (χ4v) is 2.88. The van der Waals surface area contributed by atoms with Crippen molar-refractivity contribution in [1.29, 1.82) is 0 Å². The third-order valence-corrected chi connectivity index (χ3v) is 3.99. The van der Waals surface area contributed by atoms with Gasteiger partial charge in [-0.1, -0.05) is 36.4 Å². The van der Waals surface area contributed by atoms with Gasteiger partial charge in [0.25, 0.3) is 11.5 Å². The van der Waals surface area contributed by atoms with Gasteiger partial charge in [0.05, 0.1) is 0 Å². The van der Waals surface area contributed by atoms with E-state index >= 15 is 0 Å². The number of imidazole rings is 1. The van der Waals surface area contributed by atoms with Crippen LogP contribution in [-0.4, -0.2) is 32.6 Å². The van der Waals surface area contributed by atoms with Gasteiger partial charge < -0.3 is 12.6 Å². The monoisotopic (exact) mass is 327 g/mol. The van der Waals surface area contributed by atoms with Gasteiger partial charge in [0.1, 0.15) is 5.69 Å². The topological polar surface area (TPSA) is 32.0 Å². The maximum atomic E-state index is 5.49. The number of benzene rings is 2. The molecular formula is C18H13MgN3S+2. The van der Waals surface area contributed by atoms with Gasteiger partial charge in [0, 0.05) is 11.8 Å². The molecule has 1 N–H and O–H groups in total. The smallest absolute Gasteiger partial charge is 0.779 e. The Labute approximate surface area is 156 Å². The maximum absolute atomic E-state index is 5.49. The largest absolute Gasteiger partial charge is 2.00 e. The van der Waals surface area contributed by atoms with E-state index in [1.165, 1.54) is 0 Å². The molecule has 0 radical (unpaired) electrons. The van der Waals surface area contributed by atoms with Crippen molar-refractivity contribution in [2.45, 2.75) is 4.90 Å². The summed E-state index contributed by atoms with van der Waals surface area (Å²) in [5, 5.41) is 0. The quantitative estimate of drug-likeness (QED) is 0.419. The van der Waals surface area contributed by atoms with Crippen molar-refractivity contribution < 1.29 is 4.98 Å². The Morgan fingerprint density at radius 3 is 2.39 bits per heavy atom. The second-order valence-electron chi connectivity index (χ2n) is 5.02. The van der Waals surface area contributed by atoms with Gasteiger partial charge in [-0.3, -0.25) is 0 Å². The molecule has 0 fully saturated rings. The number of rotatable bonds is 2. The number of aromatic nitrogens is 3. The number of aromatic amines is 1. The third kappa shape index (κ3) is 2.83. The number of hydrogen-bond donors (Lipinski definition) is 0. The molecule has 0 amide bonds. The molecule has 5 heteroatoms. The van der Waals surface area contributed by atoms with Crippen molar-refractivity contribution in [1.82, 2.24) is 9.55 Å². The van der Waals surface area contributed by atoms with Crippen molar-refractivity contribution >= 4 is 46.8 Å². The van der Waals surface area contributed by atoms with E-state index in [0.29, 0.717) is 0 Å². The molecule has 0 spiro atoms. The Hall–Kier alpha value is -1.95. The minimum Gasteiger partial charge on any atom is -0.779 e. The van der Waals surface area contributed by atoms with Crippen molar-refractivity contribution in [3.63, 3.8) is 0 Å². The number of hydrogen-bond acceptors (Lipinski definition) is 2. The first-order chi connectivity index (χ1) is 10.8. The first-order valence-electron chi connectivity index (χ1n) is 7.05. The first-order valence-corrected chi connectivity index (χ1v) is 7.46. The average Bonchev–Trinajstić information content (AvgIpc) is 2.95. The van der Waals surface area contributed by atoms with Crippen molar-refractivity contribution in [3.8, 4) is 17.1 Å². The summed E-state index contributed by atoms with van der Waals surface area (Å²) in [6, 6.07) is 22.1. The summed E-state index contributed by atoms with van der Waals surface area (Å²) in [7, 11) is 0. The van der Waals surface area contributed by atoms with E-state index in [2.05, 4.69) is 26.7 Å². The van der Waals surface area contributed by atoms with Crippen LogP contribution in [0.5, 0.6) is 0 Å². The van der Waals surface area contributed by atoms with Crippen molar-refractivity contribution in [2.75, 3.05) is 0 Å². The van der Waals surface area contributed by atoms with Gasteiger partial charge in [-0.2, -0.15) is 9.46 Å². The van der Waals surface area contributed by atoms with Crippen LogP contribution in [-0.2, 0) is 12.6 Å². The van der Waals surface area contributed by atoms with E-state index in [-0.39, 0.29) is 23.1 Å². The SMILES string of the molecule is [Mg+2].[S-]c1ccccc1-c1[nH+]c2cccnc2n1-c1ccccc1. The molecule has 0 atom stereocenters. The fraction of sp³-hybridized carbons (Fsp3) is 0. The summed E-state index contributed by atoms with van der Waals surface area (Å²) in [6.07, 6.45) is 1.80. The van der Waals surface area contributed by atoms with Gasteiger partial charge in [-0.15, -0.1) is 0 Å². The van der Waals surface area contributed by atoms with Crippen molar-refractivity contribution in [2.24, 2.45) is 0 Å². The molecule has 0 saturated carbocycles. The molecule has 2 aromatic heterocycles. The summed E-state index contributed by atoms with van der Waals surface area (Å²) in [5.74, 6) is 0.950. The Morgan fingerprint density at radius 1 is 0.870 bits per heavy atom. The summed E-state index contributed by atoms with van der Waals surface area (Å²) in [6.45, 7) is 0. The van der Waals surface area contributed by atoms with E-state index in [4.69, 9.17) is 12.6 Å². The van der Waals surface area contributed by atoms with Crippen LogP contribution in [0.3, 0.4) is 0 Å². The van der Waals surface area contributed by atoms with Gasteiger partial charge in [0.15, 0.2) is 5.52 Å². The Kier molecular flexibility index (Phi) is 4.61. The van der Waals surface area contributed by atoms with Gasteiger partial charge >= 0.3 is 23.1 Å². The van der Waals surface area contributed by atoms with Crippen LogP contribution in [0.4, 0.5) is 0 Å². The van der Waals surface area contributed by atoms with E-state index in [1.54, 1.807) is 6.20 Å². The molecule has 3 nitrogen and oxygen atoms in total. The van der Waals surface area contributed by atoms with Crippen LogP contribution in [0.1, 0.15) is 0 Å². The van der Waals surface area contributed by atoms with Crippen LogP contribution < -0.4 is 4.98 Å². The average molecular weight is 328 g/mol. The molecule has 0 bridgehead atoms. The van der Waals surface area contributed by atoms with Crippen LogP contribution in [0.2, 0.25) is 0 Å². The fourth-order valence-electron chi connectivity index (χ4n) is 2.64. The number of fused-ring (bicyclic) bond motifs is 1. The second-order valence-corrected chi connectivity index (χ2v) is 5.46. The molecule has 4 rings (SSSR count). The minimum atomic E-state index is 0. The minimum absolute atomic E-state index is 0. The zero-order chi connectivity index (χ0) is 14.9. The van der Waals surface area contributed by atoms with E-state index in [9.17, 15) is 0 Å². The Bertz CT molecular complexity index is 951. The van der Waals surface area contributed by atoms with E-state index in [1.807, 2.05) is 54.6 Å². The molecule has 2 aromatic carbocycles. The number of para-hydroxylation sites is 1. The van der Waals surface area contributed by atoms with Gasteiger partial charge in [-0.05, 0) is 30.3 Å². The summed E-state index contributed by atoms with van der Waals surface area (Å²) < 4.78 is 2.11. The standard InChI is InChI=1S/C18H13N3S.Mg/c22-16-11-5-4-9-14(16)17-20-15-10-6-12-19-18(15)21(17)13-7-2-1-3-8-13;/h1-12,22H;/q;+2. The molecule has 0 aliphatic carbocycles. The molecule has 106 valence electrons. The number of nitrogens with zero attached hydrogens (tertiary/aromatic N) is 2. The summed E-state index contributed by atoms with van der Waals surface area (Å²) >= 11 is 5.49. The zero-order valence-corrected chi connectivity index (χ0v) is 14.7. The molecule has 0 unspecified atom stereocenters. The maximum Gasteiger partial charge on any atom is 2.00 e. The van der Waals surface area contributed by atoms with Gasteiger partial charge in [0.2, 0.25) is 0 Å². The zero-order valence-electron chi connectivity index (χ0n) is 12.4. The van der Waals surface area contributed by atoms with E-state index < -0.39 is 0 Å². The van der Waals surface area contributed by atoms with Crippen LogP contribution in [0.25, 0.3) is 28.2 Å². The van der Waals surface area contributed by atoms with Crippen molar-refractivity contribution in [3.05, 3.63) is 72.9 Å². The third-order valence-electron chi connectivity index (χ3n) is 3.63. The predicted molar refractivity (Wildman–Crippen MR) is 94.4 cm³/mol.